The molecule has 0 bridgehead atoms. The van der Waals surface area contributed by atoms with E-state index >= 15 is 0 Å². The molecule has 2 aromatic carbocycles. The first-order valence-corrected chi connectivity index (χ1v) is 10.0. The topological polar surface area (TPSA) is 41.3 Å². The molecular weight excluding hydrogens is 372 g/mol. The van der Waals surface area contributed by atoms with Gasteiger partial charge < -0.3 is 4.90 Å². The summed E-state index contributed by atoms with van der Waals surface area (Å²) in [6.45, 7) is 4.51. The van der Waals surface area contributed by atoms with E-state index in [4.69, 9.17) is 0 Å². The van der Waals surface area contributed by atoms with Crippen LogP contribution in [-0.4, -0.2) is 18.6 Å². The van der Waals surface area contributed by atoms with Crippen LogP contribution in [0.15, 0.2) is 90.9 Å². The van der Waals surface area contributed by atoms with Gasteiger partial charge in [0.05, 0.1) is 0 Å². The highest BCUT2D eigenvalue weighted by atomic mass is 16.1. The highest BCUT2D eigenvalue weighted by Gasteiger charge is 2.38. The zero-order chi connectivity index (χ0) is 21.3. The van der Waals surface area contributed by atoms with Crippen LogP contribution in [0.4, 0.5) is 5.69 Å². The highest BCUT2D eigenvalue weighted by Crippen LogP contribution is 2.46. The molecule has 0 aliphatic carbocycles. The summed E-state index contributed by atoms with van der Waals surface area (Å²) in [5.41, 5.74) is 4.39. The van der Waals surface area contributed by atoms with Crippen LogP contribution in [0.1, 0.15) is 35.3 Å². The maximum absolute atomic E-state index is 12.8. The van der Waals surface area contributed by atoms with Crippen LogP contribution in [0.5, 0.6) is 0 Å². The summed E-state index contributed by atoms with van der Waals surface area (Å²) < 4.78 is 1.80. The first-order chi connectivity index (χ1) is 14.4. The van der Waals surface area contributed by atoms with Gasteiger partial charge in [-0.2, -0.15) is 4.57 Å². The normalized spacial score (nSPS) is 15.8. The third kappa shape index (κ3) is 3.57. The number of pyridine rings is 1. The van der Waals surface area contributed by atoms with Gasteiger partial charge >= 0.3 is 0 Å². The Kier molecular flexibility index (Phi) is 5.08. The Bertz CT molecular complexity index is 1130. The number of allylic oxidation sites excluding steroid dienone is 2. The maximum atomic E-state index is 12.8. The number of nitrogens with zero attached hydrogens (tertiary/aromatic N) is 2. The second-order valence-corrected chi connectivity index (χ2v) is 8.15. The molecular formula is C26H25N2O2+. The van der Waals surface area contributed by atoms with Crippen molar-refractivity contribution in [2.75, 3.05) is 11.9 Å². The Balaban J connectivity index is 1.50. The zero-order valence-corrected chi connectivity index (χ0v) is 17.5. The monoisotopic (exact) mass is 397 g/mol. The minimum Gasteiger partial charge on any atom is -0.347 e. The third-order valence-corrected chi connectivity index (χ3v) is 5.77. The number of carbonyl (C=O) groups excluding carboxylic acids is 2. The molecule has 0 N–H and O–H groups in total. The number of anilines is 1. The Hall–Kier alpha value is -3.53. The first-order valence-electron chi connectivity index (χ1n) is 10.0. The van der Waals surface area contributed by atoms with Gasteiger partial charge in [0.1, 0.15) is 0 Å². The zero-order valence-electron chi connectivity index (χ0n) is 17.5. The van der Waals surface area contributed by atoms with Crippen molar-refractivity contribution >= 4 is 17.3 Å². The largest absolute Gasteiger partial charge is 0.347 e. The van der Waals surface area contributed by atoms with E-state index in [9.17, 15) is 9.59 Å². The predicted molar refractivity (Wildman–Crippen MR) is 117 cm³/mol. The van der Waals surface area contributed by atoms with Gasteiger partial charge in [-0.3, -0.25) is 9.59 Å². The summed E-state index contributed by atoms with van der Waals surface area (Å²) in [5, 5.41) is 0. The molecule has 0 saturated carbocycles. The lowest BCUT2D eigenvalue weighted by molar-refractivity contribution is -0.683. The second kappa shape index (κ2) is 7.71. The summed E-state index contributed by atoms with van der Waals surface area (Å²) in [6.07, 6.45) is 5.31. The molecule has 2 heterocycles. The van der Waals surface area contributed by atoms with Gasteiger partial charge in [0, 0.05) is 53.2 Å². The lowest BCUT2D eigenvalue weighted by Gasteiger charge is -2.23. The quantitative estimate of drug-likeness (QED) is 0.370. The second-order valence-electron chi connectivity index (χ2n) is 8.15. The molecule has 0 radical (unpaired) electrons. The van der Waals surface area contributed by atoms with Crippen molar-refractivity contribution in [1.29, 1.82) is 0 Å². The number of likely N-dealkylation sites (N-methyl/N-ethyl adjacent to an activating group) is 1. The number of hydrogen-bond acceptors (Lipinski definition) is 3. The molecule has 0 atom stereocenters. The van der Waals surface area contributed by atoms with Crippen LogP contribution >= 0.6 is 0 Å². The Morgan fingerprint density at radius 1 is 0.900 bits per heavy atom. The lowest BCUT2D eigenvalue weighted by atomic mass is 9.83. The molecule has 1 aromatic heterocycles. The van der Waals surface area contributed by atoms with Crippen molar-refractivity contribution < 1.29 is 14.2 Å². The number of ketones is 2. The highest BCUT2D eigenvalue weighted by molar-refractivity contribution is 6.08. The summed E-state index contributed by atoms with van der Waals surface area (Å²) in [5.74, 6) is -0.00634. The summed E-state index contributed by atoms with van der Waals surface area (Å²) in [4.78, 5) is 27.4. The number of para-hydroxylation sites is 1. The van der Waals surface area contributed by atoms with Crippen LogP contribution in [-0.2, 0) is 16.8 Å². The van der Waals surface area contributed by atoms with E-state index in [1.165, 1.54) is 5.56 Å². The van der Waals surface area contributed by atoms with Gasteiger partial charge in [-0.25, -0.2) is 0 Å². The Morgan fingerprint density at radius 2 is 1.50 bits per heavy atom. The van der Waals surface area contributed by atoms with E-state index in [2.05, 4.69) is 30.9 Å². The molecule has 4 rings (SSSR count). The smallest absolute Gasteiger partial charge is 0.222 e. The van der Waals surface area contributed by atoms with E-state index < -0.39 is 0 Å². The fraction of sp³-hybridized carbons (Fsp3) is 0.192. The maximum Gasteiger partial charge on any atom is 0.222 e. The lowest BCUT2D eigenvalue weighted by Crippen LogP contribution is -2.37. The number of rotatable bonds is 5. The van der Waals surface area contributed by atoms with Crippen molar-refractivity contribution in [3.63, 3.8) is 0 Å². The van der Waals surface area contributed by atoms with Gasteiger partial charge in [-0.15, -0.1) is 0 Å². The van der Waals surface area contributed by atoms with Crippen LogP contribution in [0.2, 0.25) is 0 Å². The molecule has 0 spiro atoms. The fourth-order valence-corrected chi connectivity index (χ4v) is 4.11. The fourth-order valence-electron chi connectivity index (χ4n) is 4.11. The van der Waals surface area contributed by atoms with E-state index in [1.807, 2.05) is 37.4 Å². The van der Waals surface area contributed by atoms with Crippen molar-refractivity contribution in [2.45, 2.75) is 25.8 Å². The van der Waals surface area contributed by atoms with E-state index in [1.54, 1.807) is 47.3 Å². The molecule has 4 nitrogen and oxygen atoms in total. The summed E-state index contributed by atoms with van der Waals surface area (Å²) in [7, 11) is 2.00. The molecule has 1 aliphatic heterocycles. The number of carbonyl (C=O) groups is 2. The molecule has 4 heteroatoms. The molecule has 150 valence electrons. The number of fused-ring (bicyclic) bond motifs is 1. The third-order valence-electron chi connectivity index (χ3n) is 5.77. The summed E-state index contributed by atoms with van der Waals surface area (Å²) >= 11 is 0. The number of aromatic nitrogens is 1. The van der Waals surface area contributed by atoms with Gasteiger partial charge in [0.25, 0.3) is 0 Å². The molecule has 1 aliphatic rings. The van der Waals surface area contributed by atoms with Crippen molar-refractivity contribution in [2.24, 2.45) is 0 Å². The van der Waals surface area contributed by atoms with Gasteiger partial charge in [-0.1, -0.05) is 62.4 Å². The predicted octanol–water partition coefficient (Wildman–Crippen LogP) is 4.09. The van der Waals surface area contributed by atoms with Gasteiger partial charge in [0.2, 0.25) is 12.3 Å². The van der Waals surface area contributed by atoms with Crippen molar-refractivity contribution in [1.82, 2.24) is 0 Å². The average molecular weight is 397 g/mol. The van der Waals surface area contributed by atoms with Crippen LogP contribution in [0.3, 0.4) is 0 Å². The summed E-state index contributed by atoms with van der Waals surface area (Å²) in [6, 6.07) is 21.0. The van der Waals surface area contributed by atoms with E-state index in [0.29, 0.717) is 11.1 Å². The van der Waals surface area contributed by atoms with E-state index in [-0.39, 0.29) is 23.5 Å². The minimum absolute atomic E-state index is 0.0184. The van der Waals surface area contributed by atoms with Crippen LogP contribution in [0.25, 0.3) is 0 Å². The molecule has 0 amide bonds. The SMILES string of the molecule is CN1/C(=C/C(=O)C[n+]2ccc(C(=O)c3ccccc3)cc2)C(C)(C)c2ccccc21. The van der Waals surface area contributed by atoms with Gasteiger partial charge in [0.15, 0.2) is 18.2 Å². The minimum atomic E-state index is -0.225. The standard InChI is InChI=1S/C26H25N2O2/c1-26(2)22-11-7-8-12-23(22)27(3)24(26)17-21(29)18-28-15-13-20(14-16-28)25(30)19-9-5-4-6-10-19/h4-17H,18H2,1-3H3/q+1/b24-17+. The van der Waals surface area contributed by atoms with Crippen molar-refractivity contribution in [3.8, 4) is 0 Å². The van der Waals surface area contributed by atoms with Gasteiger partial charge in [-0.05, 0) is 11.6 Å². The molecule has 0 fully saturated rings. The Morgan fingerprint density at radius 3 is 2.17 bits per heavy atom. The molecule has 0 saturated heterocycles. The van der Waals surface area contributed by atoms with Crippen LogP contribution < -0.4 is 9.47 Å². The molecule has 30 heavy (non-hydrogen) atoms. The van der Waals surface area contributed by atoms with Crippen LogP contribution in [0, 0.1) is 0 Å². The molecule has 3 aromatic rings. The van der Waals surface area contributed by atoms with Crippen molar-refractivity contribution in [3.05, 3.63) is 108 Å². The Labute approximate surface area is 177 Å². The number of hydrogen-bond donors (Lipinski definition) is 0. The average Bonchev–Trinajstić information content (AvgIpc) is 2.95. The first kappa shape index (κ1) is 19.8. The van der Waals surface area contributed by atoms with E-state index in [0.717, 1.165) is 11.4 Å². The number of benzene rings is 2. The molecule has 0 unspecified atom stereocenters.